The van der Waals surface area contributed by atoms with Gasteiger partial charge >= 0.3 is 0 Å². The number of ether oxygens (including phenoxy) is 1. The van der Waals surface area contributed by atoms with Crippen molar-refractivity contribution in [2.45, 2.75) is 45.4 Å². The maximum atomic E-state index is 5.67. The van der Waals surface area contributed by atoms with Gasteiger partial charge in [-0.1, -0.05) is 19.9 Å². The summed E-state index contributed by atoms with van der Waals surface area (Å²) in [5.74, 6) is 1.68. The summed E-state index contributed by atoms with van der Waals surface area (Å²) in [4.78, 5) is 7.95. The zero-order valence-corrected chi connectivity index (χ0v) is 18.0. The van der Waals surface area contributed by atoms with Crippen molar-refractivity contribution in [2.75, 3.05) is 20.2 Å². The van der Waals surface area contributed by atoms with Crippen LogP contribution in [-0.4, -0.2) is 45.0 Å². The molecule has 1 aliphatic heterocycles. The van der Waals surface area contributed by atoms with Gasteiger partial charge in [-0.15, -0.1) is 14.8 Å². The van der Waals surface area contributed by atoms with Crippen molar-refractivity contribution in [3.8, 4) is 17.1 Å². The highest BCUT2D eigenvalue weighted by atomic mass is 16.5. The number of nitrogens with one attached hydrogen (secondary N) is 2. The number of hydrogen-bond donors (Lipinski definition) is 2. The molecule has 1 fully saturated rings. The second-order valence-corrected chi connectivity index (χ2v) is 8.48. The number of H-pyrrole nitrogens is 1. The Labute approximate surface area is 175 Å². The Kier molecular flexibility index (Phi) is 4.70. The van der Waals surface area contributed by atoms with Crippen molar-refractivity contribution in [2.24, 2.45) is 0 Å². The summed E-state index contributed by atoms with van der Waals surface area (Å²) in [6.07, 6.45) is 3.90. The summed E-state index contributed by atoms with van der Waals surface area (Å²) in [5.41, 5.74) is 7.36. The first-order valence-corrected chi connectivity index (χ1v) is 10.7. The number of benzene rings is 1. The molecule has 3 aromatic heterocycles. The third kappa shape index (κ3) is 2.96. The van der Waals surface area contributed by atoms with E-state index in [9.17, 15) is 0 Å². The topological polar surface area (TPSA) is 80.1 Å². The van der Waals surface area contributed by atoms with E-state index in [0.29, 0.717) is 23.2 Å². The number of fused-ring (bicyclic) bond motifs is 2. The third-order valence-corrected chi connectivity index (χ3v) is 6.32. The van der Waals surface area contributed by atoms with Crippen molar-refractivity contribution in [3.63, 3.8) is 0 Å². The zero-order valence-electron chi connectivity index (χ0n) is 18.0. The van der Waals surface area contributed by atoms with Crippen LogP contribution in [0.4, 0.5) is 0 Å². The van der Waals surface area contributed by atoms with Gasteiger partial charge in [-0.3, -0.25) is 0 Å². The fourth-order valence-corrected chi connectivity index (χ4v) is 4.81. The van der Waals surface area contributed by atoms with Gasteiger partial charge in [0.15, 0.2) is 5.75 Å². The van der Waals surface area contributed by atoms with Crippen molar-refractivity contribution in [1.29, 1.82) is 0 Å². The first kappa shape index (κ1) is 19.1. The number of aromatic nitrogens is 5. The average Bonchev–Trinajstić information content (AvgIpc) is 3.37. The molecule has 4 heterocycles. The third-order valence-electron chi connectivity index (χ3n) is 6.32. The fraction of sp³-hybridized carbons (Fsp3) is 0.435. The Morgan fingerprint density at radius 1 is 1.20 bits per heavy atom. The summed E-state index contributed by atoms with van der Waals surface area (Å²) < 4.78 is 7.22. The second-order valence-electron chi connectivity index (χ2n) is 8.48. The molecule has 5 rings (SSSR count). The number of nitrogens with zero attached hydrogens (tertiary/aromatic N) is 4. The van der Waals surface area contributed by atoms with Gasteiger partial charge in [0.25, 0.3) is 0 Å². The van der Waals surface area contributed by atoms with E-state index < -0.39 is 0 Å². The van der Waals surface area contributed by atoms with Crippen LogP contribution in [0.1, 0.15) is 55.2 Å². The van der Waals surface area contributed by atoms with Gasteiger partial charge in [0, 0.05) is 16.5 Å². The minimum atomic E-state index is 0.343. The van der Waals surface area contributed by atoms with Gasteiger partial charge in [0.1, 0.15) is 12.0 Å². The van der Waals surface area contributed by atoms with Crippen molar-refractivity contribution >= 4 is 16.6 Å². The fourth-order valence-electron chi connectivity index (χ4n) is 4.81. The van der Waals surface area contributed by atoms with Gasteiger partial charge in [-0.25, -0.2) is 4.98 Å². The maximum Gasteiger partial charge on any atom is 0.218 e. The Morgan fingerprint density at radius 3 is 2.73 bits per heavy atom. The Hall–Kier alpha value is -2.93. The molecule has 4 aromatic rings. The van der Waals surface area contributed by atoms with E-state index in [-0.39, 0.29) is 0 Å². The molecular formula is C23H28N6O. The molecule has 0 aliphatic carbocycles. The Bertz CT molecular complexity index is 1220. The lowest BCUT2D eigenvalue weighted by atomic mass is 9.88. The monoisotopic (exact) mass is 404 g/mol. The quantitative estimate of drug-likeness (QED) is 0.533. The zero-order chi connectivity index (χ0) is 20.8. The van der Waals surface area contributed by atoms with Crippen LogP contribution in [0.15, 0.2) is 24.5 Å². The molecule has 0 amide bonds. The van der Waals surface area contributed by atoms with Gasteiger partial charge in [0.2, 0.25) is 5.65 Å². The largest absolute Gasteiger partial charge is 0.492 e. The molecule has 1 aliphatic rings. The molecule has 0 bridgehead atoms. The van der Waals surface area contributed by atoms with E-state index in [1.165, 1.54) is 35.7 Å². The highest BCUT2D eigenvalue weighted by Crippen LogP contribution is 2.40. The maximum absolute atomic E-state index is 5.67. The molecule has 2 N–H and O–H groups in total. The van der Waals surface area contributed by atoms with Crippen LogP contribution in [0.25, 0.3) is 27.9 Å². The Morgan fingerprint density at radius 2 is 2.00 bits per heavy atom. The van der Waals surface area contributed by atoms with Gasteiger partial charge in [-0.2, -0.15) is 0 Å². The molecule has 0 saturated carbocycles. The molecule has 30 heavy (non-hydrogen) atoms. The van der Waals surface area contributed by atoms with Crippen LogP contribution >= 0.6 is 0 Å². The molecule has 0 unspecified atom stereocenters. The molecule has 156 valence electrons. The van der Waals surface area contributed by atoms with Crippen LogP contribution in [0.3, 0.4) is 0 Å². The molecule has 0 spiro atoms. The smallest absolute Gasteiger partial charge is 0.218 e. The predicted octanol–water partition coefficient (Wildman–Crippen LogP) is 4.18. The Balaban J connectivity index is 1.72. The van der Waals surface area contributed by atoms with Gasteiger partial charge in [0.05, 0.1) is 12.8 Å². The van der Waals surface area contributed by atoms with E-state index in [1.807, 2.05) is 6.92 Å². The number of aromatic amines is 1. The summed E-state index contributed by atoms with van der Waals surface area (Å²) in [6.45, 7) is 8.71. The van der Waals surface area contributed by atoms with Gasteiger partial charge < -0.3 is 15.0 Å². The van der Waals surface area contributed by atoms with E-state index in [4.69, 9.17) is 9.84 Å². The van der Waals surface area contributed by atoms with E-state index >= 15 is 0 Å². The number of hydrogen-bond acceptors (Lipinski definition) is 5. The van der Waals surface area contributed by atoms with Crippen LogP contribution in [-0.2, 0) is 0 Å². The second kappa shape index (κ2) is 7.40. The van der Waals surface area contributed by atoms with Gasteiger partial charge in [-0.05, 0) is 68.0 Å². The lowest BCUT2D eigenvalue weighted by Gasteiger charge is -2.23. The minimum Gasteiger partial charge on any atom is -0.492 e. The summed E-state index contributed by atoms with van der Waals surface area (Å²) in [7, 11) is 1.67. The number of piperidine rings is 1. The lowest BCUT2D eigenvalue weighted by Crippen LogP contribution is -2.26. The number of methoxy groups -OCH3 is 1. The normalized spacial score (nSPS) is 15.5. The standard InChI is InChI=1S/C23H28N6O/c1-13(2)19-17-11-16(15-7-9-24-10-8-15)5-6-18(17)27-21(19)20-14(3)22(30-4)23-25-12-26-29(23)28-20/h5-6,11-13,15,24,27H,7-10H2,1-4H3. The predicted molar refractivity (Wildman–Crippen MR) is 118 cm³/mol. The molecule has 1 aromatic carbocycles. The van der Waals surface area contributed by atoms with Crippen LogP contribution < -0.4 is 10.1 Å². The van der Waals surface area contributed by atoms with E-state index in [2.05, 4.69) is 52.4 Å². The van der Waals surface area contributed by atoms with Crippen molar-refractivity contribution in [3.05, 3.63) is 41.2 Å². The lowest BCUT2D eigenvalue weighted by molar-refractivity contribution is 0.412. The highest BCUT2D eigenvalue weighted by molar-refractivity contribution is 5.92. The minimum absolute atomic E-state index is 0.343. The van der Waals surface area contributed by atoms with Crippen molar-refractivity contribution in [1.82, 2.24) is 30.1 Å². The first-order chi connectivity index (χ1) is 14.6. The van der Waals surface area contributed by atoms with E-state index in [1.54, 1.807) is 11.7 Å². The molecule has 0 radical (unpaired) electrons. The first-order valence-electron chi connectivity index (χ1n) is 10.7. The molecule has 7 nitrogen and oxygen atoms in total. The number of rotatable bonds is 4. The summed E-state index contributed by atoms with van der Waals surface area (Å²) in [6, 6.07) is 6.90. The molecule has 1 saturated heterocycles. The van der Waals surface area contributed by atoms with Crippen molar-refractivity contribution < 1.29 is 4.74 Å². The molecule has 0 atom stereocenters. The summed E-state index contributed by atoms with van der Waals surface area (Å²) >= 11 is 0. The molecular weight excluding hydrogens is 376 g/mol. The summed E-state index contributed by atoms with van der Waals surface area (Å²) in [5, 5.41) is 13.8. The van der Waals surface area contributed by atoms with Crippen LogP contribution in [0, 0.1) is 6.92 Å². The highest BCUT2D eigenvalue weighted by Gasteiger charge is 2.24. The average molecular weight is 405 g/mol. The SMILES string of the molecule is COc1c(C)c(-c2[nH]c3ccc(C4CCNCC4)cc3c2C(C)C)nn2ncnc12. The molecule has 7 heteroatoms. The van der Waals surface area contributed by atoms with E-state index in [0.717, 1.165) is 35.6 Å². The van der Waals surface area contributed by atoms with Crippen LogP contribution in [0.5, 0.6) is 5.75 Å². The van der Waals surface area contributed by atoms with Crippen LogP contribution in [0.2, 0.25) is 0 Å².